The minimum atomic E-state index is 0.120. The van der Waals surface area contributed by atoms with Gasteiger partial charge in [-0.25, -0.2) is 0 Å². The van der Waals surface area contributed by atoms with E-state index < -0.39 is 0 Å². The summed E-state index contributed by atoms with van der Waals surface area (Å²) in [5.74, 6) is 1.04. The number of fused-ring (bicyclic) bond motifs is 1. The molecule has 2 heterocycles. The zero-order chi connectivity index (χ0) is 14.9. The molecule has 1 aliphatic rings. The molecular weight excluding hydrogens is 262 g/mol. The molecule has 2 aromatic rings. The van der Waals surface area contributed by atoms with E-state index in [1.807, 2.05) is 6.33 Å². The summed E-state index contributed by atoms with van der Waals surface area (Å²) in [6.07, 6.45) is 1.82. The van der Waals surface area contributed by atoms with Gasteiger partial charge < -0.3 is 14.8 Å². The Hall–Kier alpha value is -1.88. The van der Waals surface area contributed by atoms with E-state index in [1.54, 1.807) is 0 Å². The van der Waals surface area contributed by atoms with E-state index in [9.17, 15) is 0 Å². The Labute approximate surface area is 126 Å². The number of para-hydroxylation sites is 1. The van der Waals surface area contributed by atoms with Crippen molar-refractivity contribution in [1.82, 2.24) is 20.1 Å². The predicted molar refractivity (Wildman–Crippen MR) is 84.1 cm³/mol. The van der Waals surface area contributed by atoms with Crippen LogP contribution in [0, 0.1) is 0 Å². The highest BCUT2D eigenvalue weighted by Gasteiger charge is 2.20. The fourth-order valence-corrected chi connectivity index (χ4v) is 2.60. The normalized spacial score (nSPS) is 15.1. The third-order valence-electron chi connectivity index (χ3n) is 3.78. The molecule has 21 heavy (non-hydrogen) atoms. The Morgan fingerprint density at radius 2 is 2.00 bits per heavy atom. The van der Waals surface area contributed by atoms with Gasteiger partial charge in [0.25, 0.3) is 0 Å². The van der Waals surface area contributed by atoms with Gasteiger partial charge in [0.2, 0.25) is 0 Å². The smallest absolute Gasteiger partial charge is 0.152 e. The number of nitrogens with one attached hydrogen (secondary N) is 1. The van der Waals surface area contributed by atoms with Gasteiger partial charge in [0.05, 0.1) is 6.54 Å². The summed E-state index contributed by atoms with van der Waals surface area (Å²) < 4.78 is 2.13. The molecule has 1 aliphatic heterocycles. The van der Waals surface area contributed by atoms with Crippen molar-refractivity contribution in [3.8, 4) is 0 Å². The average Bonchev–Trinajstić information content (AvgIpc) is 2.92. The van der Waals surface area contributed by atoms with Crippen molar-refractivity contribution < 1.29 is 0 Å². The van der Waals surface area contributed by atoms with Gasteiger partial charge in [0, 0.05) is 30.9 Å². The fraction of sp³-hybridized carbons (Fsp3) is 0.500. The molecule has 112 valence electrons. The standard InChI is InChI=1S/C16H23N5/c1-16(2,3)17-10-13-6-4-5-7-14(13)20-8-9-21-12-18-19-15(21)11-20/h4-7,12,17H,8-11H2,1-3H3. The average molecular weight is 285 g/mol. The maximum Gasteiger partial charge on any atom is 0.152 e. The second-order valence-electron chi connectivity index (χ2n) is 6.59. The van der Waals surface area contributed by atoms with Crippen molar-refractivity contribution in [2.24, 2.45) is 0 Å². The molecule has 0 saturated heterocycles. The number of rotatable bonds is 3. The lowest BCUT2D eigenvalue weighted by molar-refractivity contribution is 0.424. The molecule has 0 radical (unpaired) electrons. The van der Waals surface area contributed by atoms with E-state index in [0.717, 1.165) is 32.0 Å². The molecule has 1 aromatic carbocycles. The quantitative estimate of drug-likeness (QED) is 0.939. The molecule has 0 amide bonds. The predicted octanol–water partition coefficient (Wildman–Crippen LogP) is 2.19. The van der Waals surface area contributed by atoms with Crippen molar-refractivity contribution in [3.05, 3.63) is 42.0 Å². The molecule has 1 aromatic heterocycles. The molecule has 3 rings (SSSR count). The van der Waals surface area contributed by atoms with E-state index in [1.165, 1.54) is 11.3 Å². The molecule has 0 aliphatic carbocycles. The summed E-state index contributed by atoms with van der Waals surface area (Å²) >= 11 is 0. The number of nitrogens with zero attached hydrogens (tertiary/aromatic N) is 4. The maximum atomic E-state index is 4.20. The number of benzene rings is 1. The van der Waals surface area contributed by atoms with Crippen molar-refractivity contribution in [1.29, 1.82) is 0 Å². The fourth-order valence-electron chi connectivity index (χ4n) is 2.60. The minimum absolute atomic E-state index is 0.120. The van der Waals surface area contributed by atoms with Crippen molar-refractivity contribution in [2.75, 3.05) is 11.4 Å². The summed E-state index contributed by atoms with van der Waals surface area (Å²) in [5.41, 5.74) is 2.75. The molecule has 1 N–H and O–H groups in total. The molecule has 0 fully saturated rings. The van der Waals surface area contributed by atoms with Gasteiger partial charge in [-0.2, -0.15) is 0 Å². The summed E-state index contributed by atoms with van der Waals surface area (Å²) in [7, 11) is 0. The summed E-state index contributed by atoms with van der Waals surface area (Å²) in [6, 6.07) is 8.62. The highest BCUT2D eigenvalue weighted by molar-refractivity contribution is 5.54. The number of hydrogen-bond acceptors (Lipinski definition) is 4. The lowest BCUT2D eigenvalue weighted by Crippen LogP contribution is -2.37. The van der Waals surface area contributed by atoms with Crippen LogP contribution < -0.4 is 10.2 Å². The van der Waals surface area contributed by atoms with Crippen LogP contribution in [-0.2, 0) is 19.6 Å². The zero-order valence-corrected chi connectivity index (χ0v) is 13.0. The molecule has 0 atom stereocenters. The van der Waals surface area contributed by atoms with Crippen LogP contribution in [0.25, 0.3) is 0 Å². The first-order valence-electron chi connectivity index (χ1n) is 7.47. The van der Waals surface area contributed by atoms with Gasteiger partial charge in [0.1, 0.15) is 6.33 Å². The Morgan fingerprint density at radius 3 is 2.81 bits per heavy atom. The van der Waals surface area contributed by atoms with Crippen molar-refractivity contribution in [2.45, 2.75) is 45.9 Å². The lowest BCUT2D eigenvalue weighted by Gasteiger charge is -2.31. The zero-order valence-electron chi connectivity index (χ0n) is 13.0. The molecule has 0 unspecified atom stereocenters. The van der Waals surface area contributed by atoms with Gasteiger partial charge in [-0.05, 0) is 32.4 Å². The number of anilines is 1. The maximum absolute atomic E-state index is 4.20. The third-order valence-corrected chi connectivity index (χ3v) is 3.78. The molecule has 0 bridgehead atoms. The Kier molecular flexibility index (Phi) is 3.68. The molecule has 0 saturated carbocycles. The van der Waals surface area contributed by atoms with Gasteiger partial charge in [-0.1, -0.05) is 18.2 Å². The van der Waals surface area contributed by atoms with Gasteiger partial charge in [-0.3, -0.25) is 0 Å². The molecule has 5 heteroatoms. The van der Waals surface area contributed by atoms with Gasteiger partial charge >= 0.3 is 0 Å². The molecule has 5 nitrogen and oxygen atoms in total. The summed E-state index contributed by atoms with van der Waals surface area (Å²) in [4.78, 5) is 2.39. The van der Waals surface area contributed by atoms with Crippen LogP contribution >= 0.6 is 0 Å². The van der Waals surface area contributed by atoms with E-state index in [2.05, 4.69) is 70.0 Å². The Bertz CT molecular complexity index is 611. The van der Waals surface area contributed by atoms with Crippen LogP contribution in [0.15, 0.2) is 30.6 Å². The Balaban J connectivity index is 1.79. The Morgan fingerprint density at radius 1 is 1.19 bits per heavy atom. The monoisotopic (exact) mass is 285 g/mol. The second-order valence-corrected chi connectivity index (χ2v) is 6.59. The van der Waals surface area contributed by atoms with Gasteiger partial charge in [-0.15, -0.1) is 10.2 Å². The van der Waals surface area contributed by atoms with Crippen molar-refractivity contribution >= 4 is 5.69 Å². The first-order valence-corrected chi connectivity index (χ1v) is 7.47. The van der Waals surface area contributed by atoms with Crippen LogP contribution in [0.3, 0.4) is 0 Å². The number of hydrogen-bond donors (Lipinski definition) is 1. The van der Waals surface area contributed by atoms with Crippen LogP contribution in [0.4, 0.5) is 5.69 Å². The highest BCUT2D eigenvalue weighted by Crippen LogP contribution is 2.24. The third kappa shape index (κ3) is 3.24. The van der Waals surface area contributed by atoms with Crippen LogP contribution in [-0.4, -0.2) is 26.8 Å². The summed E-state index contributed by atoms with van der Waals surface area (Å²) in [5, 5.41) is 11.8. The lowest BCUT2D eigenvalue weighted by atomic mass is 10.1. The molecule has 0 spiro atoms. The van der Waals surface area contributed by atoms with Gasteiger partial charge in [0.15, 0.2) is 5.82 Å². The minimum Gasteiger partial charge on any atom is -0.362 e. The highest BCUT2D eigenvalue weighted by atomic mass is 15.3. The van der Waals surface area contributed by atoms with Crippen LogP contribution in [0.1, 0.15) is 32.2 Å². The van der Waals surface area contributed by atoms with E-state index in [-0.39, 0.29) is 5.54 Å². The van der Waals surface area contributed by atoms with E-state index >= 15 is 0 Å². The SMILES string of the molecule is CC(C)(C)NCc1ccccc1N1CCn2cnnc2C1. The van der Waals surface area contributed by atoms with E-state index in [0.29, 0.717) is 0 Å². The summed E-state index contributed by atoms with van der Waals surface area (Å²) in [6.45, 7) is 10.2. The largest absolute Gasteiger partial charge is 0.362 e. The first-order chi connectivity index (χ1) is 10.0. The van der Waals surface area contributed by atoms with E-state index in [4.69, 9.17) is 0 Å². The first kappa shape index (κ1) is 14.1. The molecular formula is C16H23N5. The topological polar surface area (TPSA) is 46.0 Å². The van der Waals surface area contributed by atoms with Crippen molar-refractivity contribution in [3.63, 3.8) is 0 Å². The van der Waals surface area contributed by atoms with Crippen LogP contribution in [0.2, 0.25) is 0 Å². The number of aromatic nitrogens is 3. The van der Waals surface area contributed by atoms with Crippen LogP contribution in [0.5, 0.6) is 0 Å². The second kappa shape index (κ2) is 5.48.